The number of carbonyl (C=O) groups excluding carboxylic acids is 2. The van der Waals surface area contributed by atoms with Crippen LogP contribution in [0.3, 0.4) is 0 Å². The summed E-state index contributed by atoms with van der Waals surface area (Å²) in [7, 11) is 0. The zero-order valence-corrected chi connectivity index (χ0v) is 23.2. The van der Waals surface area contributed by atoms with Crippen LogP contribution in [0, 0.1) is 11.8 Å². The van der Waals surface area contributed by atoms with Crippen molar-refractivity contribution in [2.45, 2.75) is 38.8 Å². The molecule has 40 heavy (non-hydrogen) atoms. The Morgan fingerprint density at radius 1 is 0.950 bits per heavy atom. The highest BCUT2D eigenvalue weighted by Crippen LogP contribution is 2.42. The number of nitrogens with one attached hydrogen (secondary N) is 1. The molecule has 0 radical (unpaired) electrons. The number of primary amides is 1. The molecule has 3 aromatic rings. The van der Waals surface area contributed by atoms with Gasteiger partial charge in [0.05, 0.1) is 17.4 Å². The molecule has 0 spiro atoms. The van der Waals surface area contributed by atoms with E-state index in [1.165, 1.54) is 0 Å². The van der Waals surface area contributed by atoms with E-state index in [-0.39, 0.29) is 12.1 Å². The molecule has 10 heteroatoms. The average Bonchev–Trinajstić information content (AvgIpc) is 3.60. The zero-order chi connectivity index (χ0) is 28.0. The molecule has 0 saturated carbocycles. The average molecular weight is 545 g/mol. The van der Waals surface area contributed by atoms with Crippen LogP contribution in [0.5, 0.6) is 11.5 Å². The van der Waals surface area contributed by atoms with Crippen LogP contribution >= 0.6 is 0 Å². The Kier molecular flexibility index (Phi) is 6.66. The van der Waals surface area contributed by atoms with Crippen molar-refractivity contribution in [2.75, 3.05) is 38.0 Å². The predicted octanol–water partition coefficient (Wildman–Crippen LogP) is 4.42. The number of para-hydroxylation sites is 1. The third kappa shape index (κ3) is 5.11. The van der Waals surface area contributed by atoms with E-state index in [2.05, 4.69) is 10.2 Å². The van der Waals surface area contributed by atoms with Crippen LogP contribution in [0.1, 0.15) is 49.4 Å². The molecule has 0 aliphatic carbocycles. The van der Waals surface area contributed by atoms with Gasteiger partial charge in [-0.15, -0.1) is 0 Å². The predicted molar refractivity (Wildman–Crippen MR) is 151 cm³/mol. The first kappa shape index (κ1) is 26.2. The van der Waals surface area contributed by atoms with E-state index >= 15 is 0 Å². The molecule has 1 unspecified atom stereocenters. The topological polar surface area (TPSA) is 115 Å². The number of anilines is 1. The Hall–Kier alpha value is -4.05. The number of nitrogens with two attached hydrogens (primary N) is 1. The van der Waals surface area contributed by atoms with E-state index in [9.17, 15) is 9.59 Å². The van der Waals surface area contributed by atoms with E-state index in [1.807, 2.05) is 80.3 Å². The molecule has 210 valence electrons. The van der Waals surface area contributed by atoms with Gasteiger partial charge in [0.25, 0.3) is 5.91 Å². The smallest absolute Gasteiger partial charge is 0.410 e. The fourth-order valence-corrected chi connectivity index (χ4v) is 6.12. The molecule has 2 fully saturated rings. The molecule has 3 aliphatic rings. The standard InChI is InChI=1S/C30H36N6O4/c1-30(2,3)40-29(38)35-17-19-15-34(16-20(19)18-35)24-13-14-32-26-25(24)33-36(27(26)28(31)37)21-9-11-23(12-10-21)39-22-7-5-4-6-8-22/h4-12,19-20,24,32H,13-18H2,1-3H3,(H2,31,37)/t19-,20+,24?. The Balaban J connectivity index is 1.20. The molecular weight excluding hydrogens is 508 g/mol. The van der Waals surface area contributed by atoms with Crippen molar-refractivity contribution in [3.63, 3.8) is 0 Å². The molecule has 3 N–H and O–H groups in total. The van der Waals surface area contributed by atoms with Crippen molar-refractivity contribution < 1.29 is 19.1 Å². The van der Waals surface area contributed by atoms with Crippen molar-refractivity contribution in [3.8, 4) is 17.2 Å². The van der Waals surface area contributed by atoms with Crippen molar-refractivity contribution in [1.82, 2.24) is 19.6 Å². The fraction of sp³-hybridized carbons (Fsp3) is 0.433. The number of carbonyl (C=O) groups is 2. The second-order valence-electron chi connectivity index (χ2n) is 11.9. The van der Waals surface area contributed by atoms with Crippen molar-refractivity contribution in [3.05, 3.63) is 66.0 Å². The number of rotatable bonds is 5. The fourth-order valence-electron chi connectivity index (χ4n) is 6.12. The van der Waals surface area contributed by atoms with Gasteiger partial charge in [-0.05, 0) is 75.4 Å². The van der Waals surface area contributed by atoms with Crippen LogP contribution < -0.4 is 15.8 Å². The number of hydrogen-bond acceptors (Lipinski definition) is 7. The first-order chi connectivity index (χ1) is 19.2. The second kappa shape index (κ2) is 10.2. The summed E-state index contributed by atoms with van der Waals surface area (Å²) in [6.07, 6.45) is 0.643. The van der Waals surface area contributed by atoms with Crippen LogP contribution in [0.2, 0.25) is 0 Å². The van der Waals surface area contributed by atoms with Crippen molar-refractivity contribution in [2.24, 2.45) is 17.6 Å². The van der Waals surface area contributed by atoms with Crippen LogP contribution in [-0.4, -0.2) is 69.9 Å². The molecule has 2 saturated heterocycles. The molecule has 4 heterocycles. The zero-order valence-electron chi connectivity index (χ0n) is 23.2. The number of fused-ring (bicyclic) bond motifs is 2. The third-order valence-corrected chi connectivity index (χ3v) is 7.85. The Bertz CT molecular complexity index is 1380. The van der Waals surface area contributed by atoms with Gasteiger partial charge in [-0.25, -0.2) is 9.48 Å². The number of amides is 2. The van der Waals surface area contributed by atoms with Crippen molar-refractivity contribution in [1.29, 1.82) is 0 Å². The minimum Gasteiger partial charge on any atom is -0.457 e. The summed E-state index contributed by atoms with van der Waals surface area (Å²) in [5, 5.41) is 8.33. The Morgan fingerprint density at radius 2 is 1.60 bits per heavy atom. The monoisotopic (exact) mass is 544 g/mol. The maximum atomic E-state index is 12.7. The lowest BCUT2D eigenvalue weighted by atomic mass is 10.0. The summed E-state index contributed by atoms with van der Waals surface area (Å²) in [5.74, 6) is 1.69. The highest BCUT2D eigenvalue weighted by molar-refractivity contribution is 5.98. The van der Waals surface area contributed by atoms with Crippen LogP contribution in [-0.2, 0) is 4.74 Å². The lowest BCUT2D eigenvalue weighted by Crippen LogP contribution is -2.39. The highest BCUT2D eigenvalue weighted by Gasteiger charge is 2.46. The normalized spacial score (nSPS) is 22.4. The van der Waals surface area contributed by atoms with E-state index < -0.39 is 11.5 Å². The summed E-state index contributed by atoms with van der Waals surface area (Å²) in [6.45, 7) is 9.55. The van der Waals surface area contributed by atoms with Gasteiger partial charge < -0.3 is 25.4 Å². The lowest BCUT2D eigenvalue weighted by molar-refractivity contribution is 0.0270. The molecule has 10 nitrogen and oxygen atoms in total. The largest absolute Gasteiger partial charge is 0.457 e. The second-order valence-corrected chi connectivity index (χ2v) is 11.9. The molecule has 0 bridgehead atoms. The van der Waals surface area contributed by atoms with Crippen molar-refractivity contribution >= 4 is 17.7 Å². The summed E-state index contributed by atoms with van der Waals surface area (Å²) < 4.78 is 13.2. The first-order valence-electron chi connectivity index (χ1n) is 13.9. The highest BCUT2D eigenvalue weighted by atomic mass is 16.6. The van der Waals surface area contributed by atoms with Gasteiger partial charge in [0.15, 0.2) is 5.69 Å². The quantitative estimate of drug-likeness (QED) is 0.489. The van der Waals surface area contributed by atoms with Gasteiger partial charge in [0.1, 0.15) is 22.8 Å². The maximum absolute atomic E-state index is 12.7. The number of nitrogens with zero attached hydrogens (tertiary/aromatic N) is 4. The molecule has 3 aliphatic heterocycles. The number of aromatic nitrogens is 2. The number of likely N-dealkylation sites (tertiary alicyclic amines) is 2. The number of ether oxygens (including phenoxy) is 2. The summed E-state index contributed by atoms with van der Waals surface area (Å²) >= 11 is 0. The molecule has 1 aromatic heterocycles. The van der Waals surface area contributed by atoms with Gasteiger partial charge >= 0.3 is 6.09 Å². The van der Waals surface area contributed by atoms with E-state index in [0.717, 1.165) is 43.2 Å². The van der Waals surface area contributed by atoms with Crippen LogP contribution in [0.25, 0.3) is 5.69 Å². The van der Waals surface area contributed by atoms with Crippen LogP contribution in [0.15, 0.2) is 54.6 Å². The van der Waals surface area contributed by atoms with Gasteiger partial charge in [-0.2, -0.15) is 5.10 Å². The number of hydrogen-bond donors (Lipinski definition) is 2. The Labute approximate surface area is 234 Å². The lowest BCUT2D eigenvalue weighted by Gasteiger charge is -2.32. The minimum absolute atomic E-state index is 0.0665. The third-order valence-electron chi connectivity index (χ3n) is 7.85. The molecule has 2 aromatic carbocycles. The van der Waals surface area contributed by atoms with E-state index in [1.54, 1.807) is 4.68 Å². The van der Waals surface area contributed by atoms with E-state index in [4.69, 9.17) is 20.3 Å². The minimum atomic E-state index is -0.530. The molecule has 3 atom stereocenters. The Morgan fingerprint density at radius 3 is 2.23 bits per heavy atom. The summed E-state index contributed by atoms with van der Waals surface area (Å²) in [5.41, 5.74) is 8.02. The molecule has 2 amide bonds. The summed E-state index contributed by atoms with van der Waals surface area (Å²) in [6, 6.07) is 17.1. The van der Waals surface area contributed by atoms with Gasteiger partial charge in [0, 0.05) is 32.7 Å². The first-order valence-corrected chi connectivity index (χ1v) is 13.9. The van der Waals surface area contributed by atoms with E-state index in [0.29, 0.717) is 42.1 Å². The maximum Gasteiger partial charge on any atom is 0.410 e. The SMILES string of the molecule is CC(C)(C)OC(=O)N1C[C@@H]2CN(C3CCNc4c3nn(-c3ccc(Oc5ccccc5)cc3)c4C(N)=O)C[C@@H]2C1. The summed E-state index contributed by atoms with van der Waals surface area (Å²) in [4.78, 5) is 29.6. The van der Waals surface area contributed by atoms with Gasteiger partial charge in [0.2, 0.25) is 0 Å². The van der Waals surface area contributed by atoms with Gasteiger partial charge in [-0.3, -0.25) is 9.69 Å². The van der Waals surface area contributed by atoms with Gasteiger partial charge in [-0.1, -0.05) is 18.2 Å². The number of benzene rings is 2. The molecular formula is C30H36N6O4. The molecule has 6 rings (SSSR count). The van der Waals surface area contributed by atoms with Crippen LogP contribution in [0.4, 0.5) is 10.5 Å².